The van der Waals surface area contributed by atoms with Crippen molar-refractivity contribution in [2.45, 2.75) is 31.9 Å². The third-order valence-corrected chi connectivity index (χ3v) is 4.37. The topological polar surface area (TPSA) is 55.8 Å². The summed E-state index contributed by atoms with van der Waals surface area (Å²) < 4.78 is 0. The summed E-state index contributed by atoms with van der Waals surface area (Å²) in [5.74, 6) is 0.218. The van der Waals surface area contributed by atoms with Gasteiger partial charge in [-0.25, -0.2) is 4.79 Å². The molecular weight excluding hydrogens is 278 g/mol. The minimum absolute atomic E-state index is 0.0872. The Balaban J connectivity index is 1.79. The van der Waals surface area contributed by atoms with Crippen molar-refractivity contribution in [2.24, 2.45) is 5.92 Å². The van der Waals surface area contributed by atoms with Crippen molar-refractivity contribution in [2.75, 3.05) is 32.6 Å². The van der Waals surface area contributed by atoms with Gasteiger partial charge in [0.25, 0.3) is 0 Å². The van der Waals surface area contributed by atoms with Gasteiger partial charge in [0.15, 0.2) is 0 Å². The van der Waals surface area contributed by atoms with Gasteiger partial charge in [-0.1, -0.05) is 18.6 Å². The van der Waals surface area contributed by atoms with E-state index in [1.54, 1.807) is 11.9 Å². The summed E-state index contributed by atoms with van der Waals surface area (Å²) in [7, 11) is 5.79. The zero-order chi connectivity index (χ0) is 16.1. The monoisotopic (exact) mass is 305 g/mol. The highest BCUT2D eigenvalue weighted by molar-refractivity contribution is 5.73. The molecule has 2 amide bonds. The van der Waals surface area contributed by atoms with Crippen molar-refractivity contribution in [1.29, 1.82) is 0 Å². The molecule has 1 aromatic carbocycles. The lowest BCUT2D eigenvalue weighted by Gasteiger charge is -2.23. The molecule has 0 bridgehead atoms. The Bertz CT molecular complexity index is 487. The van der Waals surface area contributed by atoms with E-state index in [1.165, 1.54) is 0 Å². The van der Waals surface area contributed by atoms with Gasteiger partial charge in [-0.15, -0.1) is 0 Å². The Morgan fingerprint density at radius 2 is 1.91 bits per heavy atom. The summed E-state index contributed by atoms with van der Waals surface area (Å²) in [4.78, 5) is 15.8. The highest BCUT2D eigenvalue weighted by Gasteiger charge is 2.27. The van der Waals surface area contributed by atoms with Gasteiger partial charge in [-0.3, -0.25) is 0 Å². The van der Waals surface area contributed by atoms with Crippen LogP contribution < -0.4 is 10.2 Å². The summed E-state index contributed by atoms with van der Waals surface area (Å²) in [6.07, 6.45) is 2.66. The average Bonchev–Trinajstić information content (AvgIpc) is 2.90. The van der Waals surface area contributed by atoms with Gasteiger partial charge in [-0.05, 0) is 30.5 Å². The first-order chi connectivity index (χ1) is 10.5. The van der Waals surface area contributed by atoms with Gasteiger partial charge in [0, 0.05) is 45.8 Å². The quantitative estimate of drug-likeness (QED) is 0.875. The second-order valence-electron chi connectivity index (χ2n) is 6.36. The van der Waals surface area contributed by atoms with E-state index in [4.69, 9.17) is 0 Å². The molecule has 5 nitrogen and oxygen atoms in total. The number of carbonyl (C=O) groups excluding carboxylic acids is 1. The summed E-state index contributed by atoms with van der Waals surface area (Å²) in [6.45, 7) is 1.14. The predicted molar refractivity (Wildman–Crippen MR) is 89.0 cm³/mol. The van der Waals surface area contributed by atoms with E-state index in [-0.39, 0.29) is 18.1 Å². The molecule has 1 aliphatic carbocycles. The summed E-state index contributed by atoms with van der Waals surface area (Å²) in [6, 6.07) is 8.04. The van der Waals surface area contributed by atoms with Gasteiger partial charge >= 0.3 is 6.03 Å². The lowest BCUT2D eigenvalue weighted by molar-refractivity contribution is 0.114. The normalized spacial score (nSPS) is 20.7. The Kier molecular flexibility index (Phi) is 5.66. The van der Waals surface area contributed by atoms with Crippen molar-refractivity contribution >= 4 is 11.7 Å². The maximum atomic E-state index is 12.1. The minimum atomic E-state index is -0.256. The number of nitrogens with zero attached hydrogens (tertiary/aromatic N) is 2. The van der Waals surface area contributed by atoms with Crippen LogP contribution in [0.4, 0.5) is 10.5 Å². The fourth-order valence-electron chi connectivity index (χ4n) is 2.89. The average molecular weight is 305 g/mol. The molecule has 2 N–H and O–H groups in total. The van der Waals surface area contributed by atoms with Gasteiger partial charge in [0.2, 0.25) is 0 Å². The van der Waals surface area contributed by atoms with Crippen molar-refractivity contribution < 1.29 is 9.90 Å². The molecule has 1 saturated carbocycles. The van der Waals surface area contributed by atoms with Crippen molar-refractivity contribution in [3.8, 4) is 0 Å². The summed E-state index contributed by atoms with van der Waals surface area (Å²) >= 11 is 0. The Morgan fingerprint density at radius 3 is 2.45 bits per heavy atom. The lowest BCUT2D eigenvalue weighted by atomic mass is 10.1. The van der Waals surface area contributed by atoms with E-state index in [0.29, 0.717) is 13.1 Å². The Hall–Kier alpha value is -1.75. The van der Waals surface area contributed by atoms with Gasteiger partial charge < -0.3 is 20.2 Å². The van der Waals surface area contributed by atoms with E-state index in [1.807, 2.05) is 43.3 Å². The number of nitrogens with one attached hydrogen (secondary N) is 1. The van der Waals surface area contributed by atoms with Crippen LogP contribution in [0.5, 0.6) is 0 Å². The molecule has 0 heterocycles. The summed E-state index contributed by atoms with van der Waals surface area (Å²) in [5, 5.41) is 12.8. The van der Waals surface area contributed by atoms with Crippen molar-refractivity contribution in [3.05, 3.63) is 29.8 Å². The molecule has 1 aromatic rings. The molecule has 122 valence electrons. The maximum absolute atomic E-state index is 12.1. The highest BCUT2D eigenvalue weighted by atomic mass is 16.3. The molecule has 2 atom stereocenters. The fraction of sp³-hybridized carbons (Fsp3) is 0.588. The van der Waals surface area contributed by atoms with Crippen LogP contribution in [0.25, 0.3) is 0 Å². The van der Waals surface area contributed by atoms with Crippen LogP contribution in [0, 0.1) is 5.92 Å². The molecule has 0 saturated heterocycles. The minimum Gasteiger partial charge on any atom is -0.393 e. The number of aliphatic hydroxyl groups is 1. The van der Waals surface area contributed by atoms with E-state index >= 15 is 0 Å². The molecule has 5 heteroatoms. The number of hydrogen-bond acceptors (Lipinski definition) is 3. The van der Waals surface area contributed by atoms with E-state index < -0.39 is 0 Å². The molecule has 1 aliphatic rings. The molecule has 0 aliphatic heterocycles. The first-order valence-corrected chi connectivity index (χ1v) is 7.90. The molecule has 0 radical (unpaired) electrons. The van der Waals surface area contributed by atoms with E-state index in [2.05, 4.69) is 5.32 Å². The molecule has 0 spiro atoms. The second-order valence-corrected chi connectivity index (χ2v) is 6.36. The lowest BCUT2D eigenvalue weighted by Crippen LogP contribution is -2.40. The molecular formula is C17H27N3O2. The van der Waals surface area contributed by atoms with Gasteiger partial charge in [0.1, 0.15) is 0 Å². The van der Waals surface area contributed by atoms with Crippen LogP contribution in [0.15, 0.2) is 24.3 Å². The third kappa shape index (κ3) is 4.37. The Morgan fingerprint density at radius 1 is 1.23 bits per heavy atom. The Labute approximate surface area is 132 Å². The largest absolute Gasteiger partial charge is 0.393 e. The molecule has 22 heavy (non-hydrogen) atoms. The standard InChI is InChI=1S/C17H27N3O2/c1-19(2)15-9-7-13(8-10-15)11-18-17(22)20(3)12-14-5-4-6-16(14)21/h7-10,14,16,21H,4-6,11-12H2,1-3H3,(H,18,22). The SMILES string of the molecule is CN(CC1CCCC1O)C(=O)NCc1ccc(N(C)C)cc1. The van der Waals surface area contributed by atoms with Gasteiger partial charge in [0.05, 0.1) is 6.10 Å². The molecule has 2 rings (SSSR count). The van der Waals surface area contributed by atoms with Crippen molar-refractivity contribution in [3.63, 3.8) is 0 Å². The van der Waals surface area contributed by atoms with Crippen molar-refractivity contribution in [1.82, 2.24) is 10.2 Å². The van der Waals surface area contributed by atoms with Crippen LogP contribution >= 0.6 is 0 Å². The molecule has 1 fully saturated rings. The zero-order valence-electron chi connectivity index (χ0n) is 13.7. The summed E-state index contributed by atoms with van der Waals surface area (Å²) in [5.41, 5.74) is 2.22. The van der Waals surface area contributed by atoms with E-state index in [9.17, 15) is 9.90 Å². The number of anilines is 1. The number of aliphatic hydroxyl groups excluding tert-OH is 1. The molecule has 0 aromatic heterocycles. The van der Waals surface area contributed by atoms with Crippen LogP contribution in [0.2, 0.25) is 0 Å². The number of carbonyl (C=O) groups is 1. The second kappa shape index (κ2) is 7.49. The number of hydrogen-bond donors (Lipinski definition) is 2. The smallest absolute Gasteiger partial charge is 0.317 e. The van der Waals surface area contributed by atoms with E-state index in [0.717, 1.165) is 30.5 Å². The number of rotatable bonds is 5. The first-order valence-electron chi connectivity index (χ1n) is 7.90. The number of amides is 2. The highest BCUT2D eigenvalue weighted by Crippen LogP contribution is 2.25. The van der Waals surface area contributed by atoms with Crippen LogP contribution in [0.3, 0.4) is 0 Å². The third-order valence-electron chi connectivity index (χ3n) is 4.37. The van der Waals surface area contributed by atoms with Crippen LogP contribution in [-0.2, 0) is 6.54 Å². The van der Waals surface area contributed by atoms with Gasteiger partial charge in [-0.2, -0.15) is 0 Å². The number of benzene rings is 1. The fourth-order valence-corrected chi connectivity index (χ4v) is 2.89. The predicted octanol–water partition coefficient (Wildman–Crippen LogP) is 2.05. The maximum Gasteiger partial charge on any atom is 0.317 e. The van der Waals surface area contributed by atoms with Crippen LogP contribution in [-0.4, -0.2) is 49.8 Å². The zero-order valence-corrected chi connectivity index (χ0v) is 13.7. The van der Waals surface area contributed by atoms with Crippen LogP contribution in [0.1, 0.15) is 24.8 Å². The molecule has 2 unspecified atom stereocenters. The first kappa shape index (κ1) is 16.6. The number of urea groups is 1.